The van der Waals surface area contributed by atoms with E-state index in [-0.39, 0.29) is 25.1 Å². The van der Waals surface area contributed by atoms with Crippen LogP contribution in [0.1, 0.15) is 18.7 Å². The second-order valence-electron chi connectivity index (χ2n) is 6.80. The van der Waals surface area contributed by atoms with Crippen molar-refractivity contribution < 1.29 is 23.9 Å². The van der Waals surface area contributed by atoms with Gasteiger partial charge < -0.3 is 30.5 Å². The summed E-state index contributed by atoms with van der Waals surface area (Å²) in [6, 6.07) is 9.01. The molecule has 0 spiro atoms. The molecule has 11 nitrogen and oxygen atoms in total. The lowest BCUT2D eigenvalue weighted by molar-refractivity contribution is -0.118. The van der Waals surface area contributed by atoms with Crippen molar-refractivity contribution in [3.8, 4) is 0 Å². The van der Waals surface area contributed by atoms with Crippen LogP contribution in [0.2, 0.25) is 0 Å². The van der Waals surface area contributed by atoms with Crippen LogP contribution >= 0.6 is 0 Å². The Kier molecular flexibility index (Phi) is 7.01. The van der Waals surface area contributed by atoms with E-state index in [1.165, 1.54) is 22.9 Å². The van der Waals surface area contributed by atoms with Crippen molar-refractivity contribution in [3.05, 3.63) is 71.0 Å². The summed E-state index contributed by atoms with van der Waals surface area (Å²) in [7, 11) is 0. The molecule has 3 aromatic rings. The quantitative estimate of drug-likeness (QED) is 0.365. The zero-order chi connectivity index (χ0) is 23.1. The van der Waals surface area contributed by atoms with Gasteiger partial charge in [-0.1, -0.05) is 18.2 Å². The summed E-state index contributed by atoms with van der Waals surface area (Å²) in [5.41, 5.74) is 5.71. The predicted molar refractivity (Wildman–Crippen MR) is 115 cm³/mol. The van der Waals surface area contributed by atoms with E-state index in [1.54, 1.807) is 18.2 Å². The monoisotopic (exact) mass is 439 g/mol. The number of nitrogens with one attached hydrogen (secondary N) is 2. The number of rotatable bonds is 9. The van der Waals surface area contributed by atoms with Gasteiger partial charge in [-0.05, 0) is 43.2 Å². The lowest BCUT2D eigenvalue weighted by Crippen LogP contribution is -2.44. The summed E-state index contributed by atoms with van der Waals surface area (Å²) in [6.07, 6.45) is 2.96. The van der Waals surface area contributed by atoms with Crippen molar-refractivity contribution in [1.29, 1.82) is 0 Å². The standard InChI is InChI=1S/C21H21N5O6/c22-17(27)10-4-2-7-14(25-21(30)31)19(28)24-15-8-5-11-26(20(15)29)12-18-23-13-6-1-3-9-16(13)32-18/h1,3-6,8-11,14,25H,2,7,12H2,(H2,22,27)(H,24,28)(H,30,31)/b10-4+. The smallest absolute Gasteiger partial charge is 0.405 e. The molecule has 0 aliphatic carbocycles. The third-order valence-electron chi connectivity index (χ3n) is 4.44. The van der Waals surface area contributed by atoms with Gasteiger partial charge in [0, 0.05) is 6.20 Å². The summed E-state index contributed by atoms with van der Waals surface area (Å²) in [6.45, 7) is 0.0476. The molecule has 2 heterocycles. The van der Waals surface area contributed by atoms with Crippen molar-refractivity contribution in [2.45, 2.75) is 25.4 Å². The number of aromatic nitrogens is 2. The van der Waals surface area contributed by atoms with Crippen LogP contribution in [0.4, 0.5) is 10.5 Å². The zero-order valence-corrected chi connectivity index (χ0v) is 16.9. The maximum atomic E-state index is 12.8. The number of primary amides is 1. The number of carbonyl (C=O) groups excluding carboxylic acids is 2. The van der Waals surface area contributed by atoms with E-state index in [0.717, 1.165) is 6.08 Å². The van der Waals surface area contributed by atoms with E-state index < -0.39 is 29.5 Å². The average Bonchev–Trinajstić information content (AvgIpc) is 3.15. The molecule has 0 radical (unpaired) electrons. The zero-order valence-electron chi connectivity index (χ0n) is 16.9. The molecule has 0 saturated carbocycles. The Hall–Kier alpha value is -4.41. The van der Waals surface area contributed by atoms with E-state index in [9.17, 15) is 19.2 Å². The number of hydrogen-bond donors (Lipinski definition) is 4. The number of benzene rings is 1. The maximum Gasteiger partial charge on any atom is 0.405 e. The lowest BCUT2D eigenvalue weighted by atomic mass is 10.1. The van der Waals surface area contributed by atoms with Gasteiger partial charge in [0.15, 0.2) is 5.58 Å². The largest absolute Gasteiger partial charge is 0.465 e. The normalized spacial score (nSPS) is 12.0. The van der Waals surface area contributed by atoms with Gasteiger partial charge in [-0.15, -0.1) is 0 Å². The summed E-state index contributed by atoms with van der Waals surface area (Å²) in [5, 5.41) is 13.6. The Labute approximate surface area is 181 Å². The van der Waals surface area contributed by atoms with Crippen LogP contribution < -0.4 is 21.9 Å². The lowest BCUT2D eigenvalue weighted by Gasteiger charge is -2.16. The highest BCUT2D eigenvalue weighted by atomic mass is 16.4. The number of oxazole rings is 1. The van der Waals surface area contributed by atoms with Gasteiger partial charge in [0.2, 0.25) is 17.7 Å². The molecule has 11 heteroatoms. The fourth-order valence-electron chi connectivity index (χ4n) is 2.99. The Morgan fingerprint density at radius 1 is 1.22 bits per heavy atom. The predicted octanol–water partition coefficient (Wildman–Crippen LogP) is 1.43. The van der Waals surface area contributed by atoms with E-state index in [0.29, 0.717) is 17.0 Å². The van der Waals surface area contributed by atoms with Gasteiger partial charge in [-0.25, -0.2) is 9.78 Å². The molecular formula is C21H21N5O6. The molecule has 0 saturated heterocycles. The minimum Gasteiger partial charge on any atom is -0.465 e. The molecule has 3 amide bonds. The molecule has 166 valence electrons. The highest BCUT2D eigenvalue weighted by Gasteiger charge is 2.21. The van der Waals surface area contributed by atoms with Gasteiger partial charge in [-0.2, -0.15) is 0 Å². The first-order valence-corrected chi connectivity index (χ1v) is 9.63. The SMILES string of the molecule is NC(=O)/C=C/CCC(NC(=O)O)C(=O)Nc1cccn(Cc2nc3ccccc3o2)c1=O. The minimum absolute atomic E-state index is 0.0292. The number of para-hydroxylation sites is 2. The Morgan fingerprint density at radius 3 is 2.72 bits per heavy atom. The molecular weight excluding hydrogens is 418 g/mol. The molecule has 5 N–H and O–H groups in total. The Balaban J connectivity index is 1.73. The number of fused-ring (bicyclic) bond motifs is 1. The molecule has 0 fully saturated rings. The fraction of sp³-hybridized carbons (Fsp3) is 0.190. The van der Waals surface area contributed by atoms with Gasteiger partial charge in [0.1, 0.15) is 23.8 Å². The van der Waals surface area contributed by atoms with Gasteiger partial charge in [-0.3, -0.25) is 14.4 Å². The number of allylic oxidation sites excluding steroid dienone is 1. The molecule has 1 unspecified atom stereocenters. The number of nitrogens with zero attached hydrogens (tertiary/aromatic N) is 2. The van der Waals surface area contributed by atoms with Crippen molar-refractivity contribution >= 4 is 34.7 Å². The van der Waals surface area contributed by atoms with Crippen LogP contribution in [0.25, 0.3) is 11.1 Å². The van der Waals surface area contributed by atoms with Crippen LogP contribution in [0.15, 0.2) is 64.0 Å². The van der Waals surface area contributed by atoms with Crippen molar-refractivity contribution in [2.24, 2.45) is 5.73 Å². The van der Waals surface area contributed by atoms with E-state index in [2.05, 4.69) is 15.6 Å². The number of nitrogens with two attached hydrogens (primary N) is 1. The molecule has 1 atom stereocenters. The first-order valence-electron chi connectivity index (χ1n) is 9.63. The second kappa shape index (κ2) is 10.1. The Morgan fingerprint density at radius 2 is 2.00 bits per heavy atom. The average molecular weight is 439 g/mol. The fourth-order valence-corrected chi connectivity index (χ4v) is 2.99. The van der Waals surface area contributed by atoms with Crippen molar-refractivity contribution in [1.82, 2.24) is 14.9 Å². The molecule has 0 bridgehead atoms. The van der Waals surface area contributed by atoms with Gasteiger partial charge in [0.25, 0.3) is 5.56 Å². The summed E-state index contributed by atoms with van der Waals surface area (Å²) in [4.78, 5) is 51.5. The summed E-state index contributed by atoms with van der Waals surface area (Å²) >= 11 is 0. The van der Waals surface area contributed by atoms with Crippen LogP contribution in [0.3, 0.4) is 0 Å². The number of pyridine rings is 1. The number of anilines is 1. The topological polar surface area (TPSA) is 170 Å². The number of carbonyl (C=O) groups is 3. The van der Waals surface area contributed by atoms with Crippen LogP contribution in [-0.4, -0.2) is 38.6 Å². The van der Waals surface area contributed by atoms with Crippen molar-refractivity contribution in [3.63, 3.8) is 0 Å². The van der Waals surface area contributed by atoms with E-state index >= 15 is 0 Å². The summed E-state index contributed by atoms with van der Waals surface area (Å²) < 4.78 is 6.94. The highest BCUT2D eigenvalue weighted by Crippen LogP contribution is 2.15. The molecule has 3 rings (SSSR count). The Bertz CT molecular complexity index is 1200. The first-order chi connectivity index (χ1) is 15.3. The van der Waals surface area contributed by atoms with Gasteiger partial charge >= 0.3 is 6.09 Å². The molecule has 0 aliphatic rings. The minimum atomic E-state index is -1.40. The van der Waals surface area contributed by atoms with Crippen LogP contribution in [0.5, 0.6) is 0 Å². The molecule has 1 aromatic carbocycles. The van der Waals surface area contributed by atoms with Crippen LogP contribution in [-0.2, 0) is 16.1 Å². The maximum absolute atomic E-state index is 12.8. The van der Waals surface area contributed by atoms with Crippen LogP contribution in [0, 0.1) is 0 Å². The van der Waals surface area contributed by atoms with Crippen molar-refractivity contribution in [2.75, 3.05) is 5.32 Å². The van der Waals surface area contributed by atoms with E-state index in [1.807, 2.05) is 12.1 Å². The highest BCUT2D eigenvalue weighted by molar-refractivity contribution is 5.96. The number of hydrogen-bond acceptors (Lipinski definition) is 6. The first kappa shape index (κ1) is 22.3. The molecule has 0 aliphatic heterocycles. The molecule has 2 aromatic heterocycles. The number of amides is 3. The third-order valence-corrected chi connectivity index (χ3v) is 4.44. The number of carboxylic acid groups (broad SMARTS) is 1. The third kappa shape index (κ3) is 5.81. The summed E-state index contributed by atoms with van der Waals surface area (Å²) in [5.74, 6) is -1.04. The van der Waals surface area contributed by atoms with Gasteiger partial charge in [0.05, 0.1) is 0 Å². The second-order valence-corrected chi connectivity index (χ2v) is 6.80. The van der Waals surface area contributed by atoms with E-state index in [4.69, 9.17) is 15.3 Å². The molecule has 32 heavy (non-hydrogen) atoms.